The second-order valence-corrected chi connectivity index (χ2v) is 13.7. The first-order valence-electron chi connectivity index (χ1n) is 16.7. The van der Waals surface area contributed by atoms with E-state index in [1.54, 1.807) is 9.13 Å². The number of hydrogen-bond acceptors (Lipinski definition) is 4. The van der Waals surface area contributed by atoms with Crippen molar-refractivity contribution in [3.05, 3.63) is 166 Å². The zero-order chi connectivity index (χ0) is 33.4. The van der Waals surface area contributed by atoms with Gasteiger partial charge < -0.3 is 5.32 Å². The van der Waals surface area contributed by atoms with Crippen LogP contribution in [-0.4, -0.2) is 20.8 Å². The number of aliphatic imine (C=N–C) groups is 2. The fourth-order valence-corrected chi connectivity index (χ4v) is 7.60. The molecule has 2 heterocycles. The minimum Gasteiger partial charge on any atom is -0.344 e. The molecule has 2 aliphatic rings. The number of aromatic nitrogens is 2. The zero-order valence-corrected chi connectivity index (χ0v) is 27.9. The monoisotopic (exact) mass is 637 g/mol. The molecule has 0 saturated heterocycles. The van der Waals surface area contributed by atoms with Gasteiger partial charge in [-0.05, 0) is 80.0 Å². The number of fused-ring (bicyclic) bond motifs is 5. The molecule has 1 aliphatic carbocycles. The molecular weight excluding hydrogens is 603 g/mol. The summed E-state index contributed by atoms with van der Waals surface area (Å²) in [6.07, 6.45) is -0.283. The SMILES string of the molecule is Cn1c(=O)n(C)c2cc(-c3ccc(C4=NC(c5ccc6c(c5)C(C)(C)c5cc7ccccc7cc5-6)=NC(c5ccccc5)N4)cc3)ccc21. The number of nitrogens with one attached hydrogen (secondary N) is 1. The van der Waals surface area contributed by atoms with Crippen LogP contribution in [-0.2, 0) is 19.5 Å². The highest BCUT2D eigenvalue weighted by Gasteiger charge is 2.36. The van der Waals surface area contributed by atoms with E-state index in [0.717, 1.165) is 44.7 Å². The maximum Gasteiger partial charge on any atom is 0.328 e. The highest BCUT2D eigenvalue weighted by atomic mass is 16.1. The molecular formula is C43H35N5O. The van der Waals surface area contributed by atoms with Gasteiger partial charge in [0.2, 0.25) is 0 Å². The summed E-state index contributed by atoms with van der Waals surface area (Å²) in [5, 5.41) is 6.13. The van der Waals surface area contributed by atoms with E-state index in [4.69, 9.17) is 9.98 Å². The van der Waals surface area contributed by atoms with Crippen molar-refractivity contribution in [3.8, 4) is 22.3 Å². The first-order valence-corrected chi connectivity index (χ1v) is 16.7. The topological polar surface area (TPSA) is 63.7 Å². The summed E-state index contributed by atoms with van der Waals surface area (Å²) in [6.45, 7) is 4.64. The molecule has 0 spiro atoms. The Balaban J connectivity index is 1.11. The number of hydrogen-bond donors (Lipinski definition) is 1. The molecule has 7 aromatic rings. The molecule has 6 nitrogen and oxygen atoms in total. The quantitative estimate of drug-likeness (QED) is 0.210. The van der Waals surface area contributed by atoms with Gasteiger partial charge >= 0.3 is 5.69 Å². The van der Waals surface area contributed by atoms with E-state index in [2.05, 4.69) is 122 Å². The third-order valence-corrected chi connectivity index (χ3v) is 10.4. The predicted octanol–water partition coefficient (Wildman–Crippen LogP) is 8.50. The molecule has 0 bridgehead atoms. The van der Waals surface area contributed by atoms with E-state index in [-0.39, 0.29) is 17.3 Å². The van der Waals surface area contributed by atoms with Crippen LogP contribution in [0.1, 0.15) is 47.8 Å². The normalized spacial score (nSPS) is 16.2. The van der Waals surface area contributed by atoms with Crippen LogP contribution < -0.4 is 11.0 Å². The van der Waals surface area contributed by atoms with Crippen LogP contribution in [0.2, 0.25) is 0 Å². The van der Waals surface area contributed by atoms with Crippen LogP contribution in [0.4, 0.5) is 0 Å². The Hall–Kier alpha value is -6.01. The van der Waals surface area contributed by atoms with E-state index in [9.17, 15) is 4.79 Å². The molecule has 238 valence electrons. The zero-order valence-electron chi connectivity index (χ0n) is 27.9. The van der Waals surface area contributed by atoms with Crippen molar-refractivity contribution in [2.24, 2.45) is 24.1 Å². The minimum absolute atomic E-state index is 0.0284. The lowest BCUT2D eigenvalue weighted by molar-refractivity contribution is 0.660. The van der Waals surface area contributed by atoms with Crippen molar-refractivity contribution in [1.82, 2.24) is 14.5 Å². The number of benzene rings is 6. The number of nitrogens with zero attached hydrogens (tertiary/aromatic N) is 4. The Morgan fingerprint density at radius 2 is 1.24 bits per heavy atom. The molecule has 1 N–H and O–H groups in total. The highest BCUT2D eigenvalue weighted by Crippen LogP contribution is 2.50. The van der Waals surface area contributed by atoms with Crippen molar-refractivity contribution in [3.63, 3.8) is 0 Å². The Labute approximate surface area is 284 Å². The van der Waals surface area contributed by atoms with E-state index < -0.39 is 0 Å². The fraction of sp³-hybridized carbons (Fsp3) is 0.140. The molecule has 1 atom stereocenters. The largest absolute Gasteiger partial charge is 0.344 e. The molecule has 0 amide bonds. The lowest BCUT2D eigenvalue weighted by Gasteiger charge is -2.25. The van der Waals surface area contributed by atoms with E-state index in [0.29, 0.717) is 5.84 Å². The molecule has 49 heavy (non-hydrogen) atoms. The molecule has 6 heteroatoms. The maximum absolute atomic E-state index is 12.5. The highest BCUT2D eigenvalue weighted by molar-refractivity contribution is 6.13. The van der Waals surface area contributed by atoms with Crippen molar-refractivity contribution in [2.75, 3.05) is 0 Å². The Morgan fingerprint density at radius 1 is 0.612 bits per heavy atom. The number of rotatable bonds is 4. The summed E-state index contributed by atoms with van der Waals surface area (Å²) in [5.41, 5.74) is 12.0. The lowest BCUT2D eigenvalue weighted by Crippen LogP contribution is -2.33. The van der Waals surface area contributed by atoms with Crippen LogP contribution in [0.3, 0.4) is 0 Å². The van der Waals surface area contributed by atoms with E-state index in [1.807, 2.05) is 38.4 Å². The molecule has 1 aromatic heterocycles. The van der Waals surface area contributed by atoms with Gasteiger partial charge in [0, 0.05) is 30.6 Å². The Kier molecular flexibility index (Phi) is 6.40. The van der Waals surface area contributed by atoms with Gasteiger partial charge in [0.05, 0.1) is 11.0 Å². The van der Waals surface area contributed by atoms with Gasteiger partial charge in [-0.25, -0.2) is 14.8 Å². The summed E-state index contributed by atoms with van der Waals surface area (Å²) in [6, 6.07) is 44.9. The molecule has 0 fully saturated rings. The molecule has 1 aliphatic heterocycles. The average molecular weight is 638 g/mol. The summed E-state index contributed by atoms with van der Waals surface area (Å²) >= 11 is 0. The summed E-state index contributed by atoms with van der Waals surface area (Å²) < 4.78 is 3.37. The van der Waals surface area contributed by atoms with E-state index >= 15 is 0 Å². The predicted molar refractivity (Wildman–Crippen MR) is 201 cm³/mol. The molecule has 1 unspecified atom stereocenters. The summed E-state index contributed by atoms with van der Waals surface area (Å²) in [5.74, 6) is 1.49. The van der Waals surface area contributed by atoms with Crippen LogP contribution in [0, 0.1) is 0 Å². The fourth-order valence-electron chi connectivity index (χ4n) is 7.60. The second kappa shape index (κ2) is 10.8. The molecule has 6 aromatic carbocycles. The molecule has 0 radical (unpaired) electrons. The Morgan fingerprint density at radius 3 is 2.02 bits per heavy atom. The van der Waals surface area contributed by atoms with E-state index in [1.165, 1.54) is 33.0 Å². The van der Waals surface area contributed by atoms with Gasteiger partial charge in [-0.3, -0.25) is 9.13 Å². The van der Waals surface area contributed by atoms with Gasteiger partial charge in [0.25, 0.3) is 0 Å². The third-order valence-electron chi connectivity index (χ3n) is 10.4. The standard InChI is InChI=1S/C43H35N5O/c1-43(2)35-24-32(18-20-33(35)34-22-29-12-8-9-13-30(29)23-36(34)43)41-45-39(27-10-6-5-7-11-27)44-40(46-41)28-16-14-26(15-17-28)31-19-21-37-38(25-31)48(4)42(49)47(37)3/h5-25,39H,1-4H3,(H,44,45,46). The molecule has 0 saturated carbocycles. The van der Waals surface area contributed by atoms with Crippen LogP contribution in [0.15, 0.2) is 142 Å². The first-order chi connectivity index (χ1) is 23.8. The van der Waals surface area contributed by atoms with Crippen molar-refractivity contribution in [2.45, 2.75) is 25.4 Å². The summed E-state index contributed by atoms with van der Waals surface area (Å²) in [7, 11) is 3.62. The third kappa shape index (κ3) is 4.59. The Bertz CT molecular complexity index is 2590. The minimum atomic E-state index is -0.283. The van der Waals surface area contributed by atoms with Gasteiger partial charge in [0.15, 0.2) is 5.84 Å². The smallest absolute Gasteiger partial charge is 0.328 e. The summed E-state index contributed by atoms with van der Waals surface area (Å²) in [4.78, 5) is 22.8. The lowest BCUT2D eigenvalue weighted by atomic mass is 9.81. The van der Waals surface area contributed by atoms with Crippen LogP contribution >= 0.6 is 0 Å². The van der Waals surface area contributed by atoms with Crippen LogP contribution in [0.5, 0.6) is 0 Å². The number of amidine groups is 2. The number of aryl methyl sites for hydroxylation is 2. The maximum atomic E-state index is 12.5. The number of imidazole rings is 1. The van der Waals surface area contributed by atoms with Gasteiger partial charge in [-0.2, -0.15) is 0 Å². The van der Waals surface area contributed by atoms with Crippen molar-refractivity contribution in [1.29, 1.82) is 0 Å². The van der Waals surface area contributed by atoms with Crippen molar-refractivity contribution >= 4 is 33.5 Å². The first kappa shape index (κ1) is 29.2. The molecule has 9 rings (SSSR count). The second-order valence-electron chi connectivity index (χ2n) is 13.7. The van der Waals surface area contributed by atoms with Gasteiger partial charge in [0.1, 0.15) is 12.0 Å². The van der Waals surface area contributed by atoms with Gasteiger partial charge in [-0.1, -0.05) is 111 Å². The van der Waals surface area contributed by atoms with Crippen molar-refractivity contribution < 1.29 is 0 Å². The average Bonchev–Trinajstić information content (AvgIpc) is 3.50. The van der Waals surface area contributed by atoms with Crippen LogP contribution in [0.25, 0.3) is 44.1 Å². The van der Waals surface area contributed by atoms with Gasteiger partial charge in [-0.15, -0.1) is 0 Å².